The molecule has 0 amide bonds. The van der Waals surface area contributed by atoms with E-state index >= 15 is 0 Å². The zero-order chi connectivity index (χ0) is 12.1. The van der Waals surface area contributed by atoms with Crippen molar-refractivity contribution in [1.82, 2.24) is 9.55 Å². The number of aromatic nitrogens is 2. The van der Waals surface area contributed by atoms with Crippen LogP contribution in [0, 0.1) is 6.92 Å². The molecule has 0 unspecified atom stereocenters. The van der Waals surface area contributed by atoms with Crippen molar-refractivity contribution in [3.63, 3.8) is 0 Å². The normalized spacial score (nSPS) is 14.9. The van der Waals surface area contributed by atoms with Crippen LogP contribution >= 0.6 is 11.6 Å². The van der Waals surface area contributed by atoms with Gasteiger partial charge in [-0.05, 0) is 45.4 Å². The summed E-state index contributed by atoms with van der Waals surface area (Å²) in [6.07, 6.45) is 10.1. The molecule has 2 nitrogen and oxygen atoms in total. The van der Waals surface area contributed by atoms with Crippen LogP contribution in [0.15, 0.2) is 0 Å². The van der Waals surface area contributed by atoms with E-state index < -0.39 is 0 Å². The van der Waals surface area contributed by atoms with Crippen LogP contribution in [0.25, 0.3) is 0 Å². The van der Waals surface area contributed by atoms with Crippen molar-refractivity contribution in [1.29, 1.82) is 0 Å². The Labute approximate surface area is 109 Å². The number of rotatable bonds is 6. The summed E-state index contributed by atoms with van der Waals surface area (Å²) in [4.78, 5) is 4.71. The quantitative estimate of drug-likeness (QED) is 0.557. The molecule has 3 heteroatoms. The maximum Gasteiger partial charge on any atom is 0.106 e. The molecular weight excluding hydrogens is 232 g/mol. The van der Waals surface area contributed by atoms with E-state index in [1.54, 1.807) is 0 Å². The fourth-order valence-electron chi connectivity index (χ4n) is 2.75. The SMILES string of the molecule is Cc1nc2c(n1CCCCCCCl)CCCC2. The summed E-state index contributed by atoms with van der Waals surface area (Å²) in [5.74, 6) is 2.02. The number of imidazole rings is 1. The van der Waals surface area contributed by atoms with Gasteiger partial charge in [0.1, 0.15) is 5.82 Å². The van der Waals surface area contributed by atoms with Crippen LogP contribution in [0.3, 0.4) is 0 Å². The molecule has 0 atom stereocenters. The monoisotopic (exact) mass is 254 g/mol. The average Bonchev–Trinajstić information content (AvgIpc) is 2.65. The number of fused-ring (bicyclic) bond motifs is 1. The molecule has 1 aliphatic rings. The zero-order valence-corrected chi connectivity index (χ0v) is 11.6. The fraction of sp³-hybridized carbons (Fsp3) is 0.786. The van der Waals surface area contributed by atoms with Crippen LogP contribution < -0.4 is 0 Å². The molecule has 0 spiro atoms. The Hall–Kier alpha value is -0.500. The minimum absolute atomic E-state index is 0.805. The largest absolute Gasteiger partial charge is 0.332 e. The van der Waals surface area contributed by atoms with E-state index in [0.717, 1.165) is 18.8 Å². The highest BCUT2D eigenvalue weighted by atomic mass is 35.5. The molecule has 2 rings (SSSR count). The number of nitrogens with zero attached hydrogens (tertiary/aromatic N) is 2. The van der Waals surface area contributed by atoms with E-state index in [1.165, 1.54) is 62.2 Å². The average molecular weight is 255 g/mol. The first-order valence-corrected chi connectivity index (χ1v) is 7.47. The fourth-order valence-corrected chi connectivity index (χ4v) is 2.94. The van der Waals surface area contributed by atoms with E-state index in [2.05, 4.69) is 11.5 Å². The molecule has 0 saturated heterocycles. The van der Waals surface area contributed by atoms with E-state index in [0.29, 0.717) is 0 Å². The van der Waals surface area contributed by atoms with Crippen LogP contribution in [0.2, 0.25) is 0 Å². The van der Waals surface area contributed by atoms with Crippen molar-refractivity contribution in [2.75, 3.05) is 5.88 Å². The molecule has 0 bridgehead atoms. The Balaban J connectivity index is 1.89. The van der Waals surface area contributed by atoms with Crippen molar-refractivity contribution in [2.24, 2.45) is 0 Å². The molecule has 1 aromatic rings. The van der Waals surface area contributed by atoms with Crippen molar-refractivity contribution >= 4 is 11.6 Å². The van der Waals surface area contributed by atoms with E-state index in [-0.39, 0.29) is 0 Å². The van der Waals surface area contributed by atoms with Gasteiger partial charge in [0.05, 0.1) is 5.69 Å². The second-order valence-electron chi connectivity index (χ2n) is 5.01. The third-order valence-electron chi connectivity index (χ3n) is 3.69. The van der Waals surface area contributed by atoms with Gasteiger partial charge < -0.3 is 4.57 Å². The summed E-state index contributed by atoms with van der Waals surface area (Å²) in [5.41, 5.74) is 2.89. The molecule has 1 aromatic heterocycles. The van der Waals surface area contributed by atoms with Gasteiger partial charge in [0.2, 0.25) is 0 Å². The molecule has 0 radical (unpaired) electrons. The van der Waals surface area contributed by atoms with Crippen molar-refractivity contribution in [2.45, 2.75) is 64.8 Å². The smallest absolute Gasteiger partial charge is 0.106 e. The minimum Gasteiger partial charge on any atom is -0.332 e. The van der Waals surface area contributed by atoms with Gasteiger partial charge in [-0.2, -0.15) is 0 Å². The van der Waals surface area contributed by atoms with Crippen molar-refractivity contribution < 1.29 is 0 Å². The molecule has 0 saturated carbocycles. The highest BCUT2D eigenvalue weighted by molar-refractivity contribution is 6.17. The second-order valence-corrected chi connectivity index (χ2v) is 5.39. The van der Waals surface area contributed by atoms with E-state index in [4.69, 9.17) is 16.6 Å². The van der Waals surface area contributed by atoms with E-state index in [9.17, 15) is 0 Å². The zero-order valence-electron chi connectivity index (χ0n) is 10.8. The first kappa shape index (κ1) is 12.9. The second kappa shape index (κ2) is 6.44. The van der Waals surface area contributed by atoms with Gasteiger partial charge in [-0.15, -0.1) is 11.6 Å². The maximum atomic E-state index is 5.68. The van der Waals surface area contributed by atoms with Crippen LogP contribution in [-0.2, 0) is 19.4 Å². The first-order chi connectivity index (χ1) is 8.33. The lowest BCUT2D eigenvalue weighted by atomic mass is 10.0. The predicted octanol–water partition coefficient (Wildman–Crippen LogP) is 3.87. The first-order valence-electron chi connectivity index (χ1n) is 6.94. The number of halogens is 1. The number of hydrogen-bond donors (Lipinski definition) is 0. The van der Waals surface area contributed by atoms with Gasteiger partial charge in [0, 0.05) is 18.1 Å². The van der Waals surface area contributed by atoms with Gasteiger partial charge in [-0.1, -0.05) is 12.8 Å². The molecular formula is C14H23ClN2. The summed E-state index contributed by atoms with van der Waals surface area (Å²) in [7, 11) is 0. The van der Waals surface area contributed by atoms with Crippen LogP contribution in [-0.4, -0.2) is 15.4 Å². The molecule has 0 fully saturated rings. The standard InChI is InChI=1S/C14H23ClN2/c1-12-16-13-8-4-5-9-14(13)17(12)11-7-3-2-6-10-15/h2-11H2,1H3. The third-order valence-corrected chi connectivity index (χ3v) is 3.96. The predicted molar refractivity (Wildman–Crippen MR) is 72.8 cm³/mol. The topological polar surface area (TPSA) is 17.8 Å². The Morgan fingerprint density at radius 3 is 2.71 bits per heavy atom. The number of alkyl halides is 1. The van der Waals surface area contributed by atoms with E-state index in [1.807, 2.05) is 0 Å². The lowest BCUT2D eigenvalue weighted by Gasteiger charge is -2.14. The summed E-state index contributed by atoms with van der Waals surface area (Å²) in [6.45, 7) is 3.30. The van der Waals surface area contributed by atoms with Crippen LogP contribution in [0.5, 0.6) is 0 Å². The molecule has 96 valence electrons. The van der Waals surface area contributed by atoms with Crippen LogP contribution in [0.4, 0.5) is 0 Å². The number of hydrogen-bond acceptors (Lipinski definition) is 1. The molecule has 0 aromatic carbocycles. The summed E-state index contributed by atoms with van der Waals surface area (Å²) < 4.78 is 2.45. The molecule has 0 N–H and O–H groups in total. The van der Waals surface area contributed by atoms with Gasteiger partial charge in [-0.25, -0.2) is 4.98 Å². The maximum absolute atomic E-state index is 5.68. The molecule has 1 aliphatic carbocycles. The lowest BCUT2D eigenvalue weighted by molar-refractivity contribution is 0.544. The Kier molecular flexibility index (Phi) is 4.90. The summed E-state index contributed by atoms with van der Waals surface area (Å²) in [5, 5.41) is 0. The molecule has 0 aliphatic heterocycles. The molecule has 17 heavy (non-hydrogen) atoms. The Bertz CT molecular complexity index is 357. The summed E-state index contributed by atoms with van der Waals surface area (Å²) in [6, 6.07) is 0. The number of unbranched alkanes of at least 4 members (excludes halogenated alkanes) is 3. The molecule has 1 heterocycles. The van der Waals surface area contributed by atoms with Gasteiger partial charge in [0.25, 0.3) is 0 Å². The van der Waals surface area contributed by atoms with Crippen molar-refractivity contribution in [3.05, 3.63) is 17.2 Å². The minimum atomic E-state index is 0.805. The Morgan fingerprint density at radius 2 is 1.88 bits per heavy atom. The third kappa shape index (κ3) is 3.25. The Morgan fingerprint density at radius 1 is 1.12 bits per heavy atom. The lowest BCUT2D eigenvalue weighted by Crippen LogP contribution is -2.09. The number of aryl methyl sites for hydroxylation is 2. The van der Waals surface area contributed by atoms with Crippen molar-refractivity contribution in [3.8, 4) is 0 Å². The van der Waals surface area contributed by atoms with Gasteiger partial charge in [-0.3, -0.25) is 0 Å². The van der Waals surface area contributed by atoms with Gasteiger partial charge >= 0.3 is 0 Å². The summed E-state index contributed by atoms with van der Waals surface area (Å²) >= 11 is 5.68. The highest BCUT2D eigenvalue weighted by Gasteiger charge is 2.17. The highest BCUT2D eigenvalue weighted by Crippen LogP contribution is 2.22. The van der Waals surface area contributed by atoms with Crippen LogP contribution in [0.1, 0.15) is 55.7 Å². The van der Waals surface area contributed by atoms with Gasteiger partial charge in [0.15, 0.2) is 0 Å².